The van der Waals surface area contributed by atoms with E-state index in [2.05, 4.69) is 20.5 Å². The van der Waals surface area contributed by atoms with Gasteiger partial charge in [0.1, 0.15) is 0 Å². The zero-order valence-electron chi connectivity index (χ0n) is 24.1. The number of nitrogens with one attached hydrogen (secondary N) is 2. The van der Waals surface area contributed by atoms with Gasteiger partial charge in [-0.15, -0.1) is 0 Å². The molecule has 2 saturated heterocycles. The van der Waals surface area contributed by atoms with Crippen LogP contribution in [0.4, 0.5) is 0 Å². The summed E-state index contributed by atoms with van der Waals surface area (Å²) in [6, 6.07) is 13.1. The number of hydrogen-bond donors (Lipinski definition) is 3. The number of piperidine rings is 2. The van der Waals surface area contributed by atoms with Crippen molar-refractivity contribution in [3.63, 3.8) is 0 Å². The lowest BCUT2D eigenvalue weighted by atomic mass is 9.94. The molecule has 0 radical (unpaired) electrons. The maximum atomic E-state index is 13.1. The molecule has 1 aromatic carbocycles. The number of aromatic nitrogens is 1. The van der Waals surface area contributed by atoms with Crippen molar-refractivity contribution < 1.29 is 14.3 Å². The summed E-state index contributed by atoms with van der Waals surface area (Å²) in [5.41, 5.74) is 6.92. The number of primary amides is 1. The van der Waals surface area contributed by atoms with Crippen LogP contribution in [0.25, 0.3) is 0 Å². The Balaban J connectivity index is 0.000000367. The van der Waals surface area contributed by atoms with Gasteiger partial charge < -0.3 is 26.0 Å². The molecule has 2 amide bonds. The lowest BCUT2D eigenvalue weighted by molar-refractivity contribution is -0.127. The van der Waals surface area contributed by atoms with Gasteiger partial charge in [-0.05, 0) is 94.5 Å². The molecule has 8 nitrogen and oxygen atoms in total. The Hall–Kier alpha value is -2.52. The second-order valence-corrected chi connectivity index (χ2v) is 11.9. The fraction of sp³-hybridized carbons (Fsp3) is 0.594. The highest BCUT2D eigenvalue weighted by Crippen LogP contribution is 2.25. The molecule has 1 aromatic heterocycles. The van der Waals surface area contributed by atoms with Crippen molar-refractivity contribution >= 4 is 23.4 Å². The van der Waals surface area contributed by atoms with Crippen molar-refractivity contribution in [1.29, 1.82) is 0 Å². The van der Waals surface area contributed by atoms with Gasteiger partial charge >= 0.3 is 0 Å². The first-order valence-corrected chi connectivity index (χ1v) is 15.7. The molecule has 0 bridgehead atoms. The highest BCUT2D eigenvalue weighted by atomic mass is 35.5. The zero-order chi connectivity index (χ0) is 28.9. The number of halogens is 1. The van der Waals surface area contributed by atoms with E-state index >= 15 is 0 Å². The summed E-state index contributed by atoms with van der Waals surface area (Å²) in [4.78, 5) is 30.6. The maximum Gasteiger partial charge on any atom is 0.224 e. The summed E-state index contributed by atoms with van der Waals surface area (Å²) in [6.07, 6.45) is 12.2. The number of ether oxygens (including phenoxy) is 1. The number of carbonyl (C=O) groups excluding carboxylic acids is 2. The number of hydrogen-bond acceptors (Lipinski definition) is 6. The molecule has 0 spiro atoms. The SMILES string of the molecule is NC(=O)C1CCNCC1.O=C(NC(c1ccc(Cl)cc1)c1ccccn1)C1CCN(CCOC2CCCCC2)CC1. The highest BCUT2D eigenvalue weighted by Gasteiger charge is 2.28. The molecule has 1 saturated carbocycles. The van der Waals surface area contributed by atoms with Crippen LogP contribution >= 0.6 is 11.6 Å². The second kappa shape index (κ2) is 16.8. The van der Waals surface area contributed by atoms with Crippen LogP contribution in [0.15, 0.2) is 48.7 Å². The quantitative estimate of drug-likeness (QED) is 0.402. The fourth-order valence-corrected chi connectivity index (χ4v) is 6.02. The smallest absolute Gasteiger partial charge is 0.224 e. The Labute approximate surface area is 249 Å². The average Bonchev–Trinajstić information content (AvgIpc) is 3.02. The standard InChI is InChI=1S/C26H34ClN3O2.C6H12N2O/c27-22-11-9-20(10-12-22)25(24-8-4-5-15-28-24)29-26(31)21-13-16-30(17-14-21)18-19-32-23-6-2-1-3-7-23;7-6(9)5-1-3-8-4-2-5/h4-5,8-12,15,21,23,25H,1-3,6-7,13-14,16-19H2,(H,29,31);5,8H,1-4H2,(H2,7,9). The molecular weight excluding hydrogens is 538 g/mol. The third kappa shape index (κ3) is 10.4. The summed E-state index contributed by atoms with van der Waals surface area (Å²) in [5.74, 6) is 0.125. The molecule has 9 heteroatoms. The van der Waals surface area contributed by atoms with Crippen LogP contribution in [0.5, 0.6) is 0 Å². The number of likely N-dealkylation sites (tertiary alicyclic amines) is 1. The van der Waals surface area contributed by atoms with E-state index in [1.165, 1.54) is 32.1 Å². The first kappa shape index (κ1) is 31.4. The van der Waals surface area contributed by atoms with Gasteiger partial charge in [-0.2, -0.15) is 0 Å². The summed E-state index contributed by atoms with van der Waals surface area (Å²) >= 11 is 6.07. The van der Waals surface area contributed by atoms with Gasteiger partial charge in [0, 0.05) is 29.6 Å². The molecular formula is C32H46ClN5O3. The Morgan fingerprint density at radius 1 is 0.976 bits per heavy atom. The van der Waals surface area contributed by atoms with Crippen LogP contribution in [0.2, 0.25) is 5.02 Å². The second-order valence-electron chi connectivity index (χ2n) is 11.4. The largest absolute Gasteiger partial charge is 0.377 e. The minimum atomic E-state index is -0.275. The summed E-state index contributed by atoms with van der Waals surface area (Å²) in [7, 11) is 0. The Morgan fingerprint density at radius 2 is 1.68 bits per heavy atom. The van der Waals surface area contributed by atoms with Gasteiger partial charge in [-0.25, -0.2) is 0 Å². The van der Waals surface area contributed by atoms with Crippen molar-refractivity contribution in [2.45, 2.75) is 69.9 Å². The molecule has 1 unspecified atom stereocenters. The Kier molecular flexibility index (Phi) is 12.9. The van der Waals surface area contributed by atoms with E-state index in [0.29, 0.717) is 11.1 Å². The molecule has 3 fully saturated rings. The van der Waals surface area contributed by atoms with E-state index in [-0.39, 0.29) is 29.7 Å². The topological polar surface area (TPSA) is 110 Å². The van der Waals surface area contributed by atoms with E-state index in [1.54, 1.807) is 6.20 Å². The molecule has 2 aromatic rings. The zero-order valence-corrected chi connectivity index (χ0v) is 24.9. The number of nitrogens with two attached hydrogens (primary N) is 1. The fourth-order valence-electron chi connectivity index (χ4n) is 5.90. The van der Waals surface area contributed by atoms with E-state index in [4.69, 9.17) is 22.1 Å². The summed E-state index contributed by atoms with van der Waals surface area (Å²) < 4.78 is 6.08. The molecule has 4 N–H and O–H groups in total. The number of nitrogens with zero attached hydrogens (tertiary/aromatic N) is 2. The molecule has 224 valence electrons. The molecule has 3 heterocycles. The van der Waals surface area contributed by atoms with E-state index in [9.17, 15) is 9.59 Å². The molecule has 1 atom stereocenters. The average molecular weight is 584 g/mol. The van der Waals surface area contributed by atoms with Gasteiger partial charge in [0.15, 0.2) is 0 Å². The Morgan fingerprint density at radius 3 is 2.29 bits per heavy atom. The van der Waals surface area contributed by atoms with E-state index in [1.807, 2.05) is 42.5 Å². The number of benzene rings is 1. The number of rotatable bonds is 9. The van der Waals surface area contributed by atoms with Crippen molar-refractivity contribution in [3.8, 4) is 0 Å². The molecule has 1 aliphatic carbocycles. The minimum Gasteiger partial charge on any atom is -0.377 e. The van der Waals surface area contributed by atoms with Gasteiger partial charge in [0.2, 0.25) is 11.8 Å². The van der Waals surface area contributed by atoms with Crippen LogP contribution in [0.3, 0.4) is 0 Å². The van der Waals surface area contributed by atoms with Crippen LogP contribution in [-0.4, -0.2) is 67.1 Å². The molecule has 5 rings (SSSR count). The lowest BCUT2D eigenvalue weighted by Gasteiger charge is -2.32. The van der Waals surface area contributed by atoms with Gasteiger partial charge in [0.05, 0.1) is 24.4 Å². The number of pyridine rings is 1. The highest BCUT2D eigenvalue weighted by molar-refractivity contribution is 6.30. The third-order valence-electron chi connectivity index (χ3n) is 8.49. The predicted molar refractivity (Wildman–Crippen MR) is 162 cm³/mol. The molecule has 2 aliphatic heterocycles. The predicted octanol–water partition coefficient (Wildman–Crippen LogP) is 4.47. The van der Waals surface area contributed by atoms with Gasteiger partial charge in [-0.1, -0.05) is 49.1 Å². The third-order valence-corrected chi connectivity index (χ3v) is 8.74. The van der Waals surface area contributed by atoms with Crippen LogP contribution in [-0.2, 0) is 14.3 Å². The first-order chi connectivity index (χ1) is 20.0. The lowest BCUT2D eigenvalue weighted by Crippen LogP contribution is -2.43. The monoisotopic (exact) mass is 583 g/mol. The minimum absolute atomic E-state index is 0.0315. The summed E-state index contributed by atoms with van der Waals surface area (Å²) in [6.45, 7) is 5.54. The molecule has 3 aliphatic rings. The first-order valence-electron chi connectivity index (χ1n) is 15.3. The van der Waals surface area contributed by atoms with Crippen LogP contribution in [0, 0.1) is 11.8 Å². The van der Waals surface area contributed by atoms with Gasteiger partial charge in [0.25, 0.3) is 0 Å². The van der Waals surface area contributed by atoms with Gasteiger partial charge in [-0.3, -0.25) is 14.6 Å². The van der Waals surface area contributed by atoms with Crippen molar-refractivity contribution in [2.75, 3.05) is 39.3 Å². The van der Waals surface area contributed by atoms with Crippen molar-refractivity contribution in [2.24, 2.45) is 17.6 Å². The maximum absolute atomic E-state index is 13.1. The normalized spacial score (nSPS) is 20.0. The van der Waals surface area contributed by atoms with Crippen LogP contribution < -0.4 is 16.4 Å². The van der Waals surface area contributed by atoms with E-state index in [0.717, 1.165) is 76.3 Å². The van der Waals surface area contributed by atoms with Crippen molar-refractivity contribution in [1.82, 2.24) is 20.5 Å². The van der Waals surface area contributed by atoms with E-state index < -0.39 is 0 Å². The number of carbonyl (C=O) groups is 2. The summed E-state index contributed by atoms with van der Waals surface area (Å²) in [5, 5.41) is 7.09. The van der Waals surface area contributed by atoms with Crippen molar-refractivity contribution in [3.05, 3.63) is 64.9 Å². The molecule has 41 heavy (non-hydrogen) atoms. The van der Waals surface area contributed by atoms with Crippen LogP contribution in [0.1, 0.15) is 75.1 Å². The number of amides is 2. The Bertz CT molecular complexity index is 1050.